The number of fused-ring (bicyclic) bond motifs is 1. The Bertz CT molecular complexity index is 990. The number of aromatic nitrogens is 3. The van der Waals surface area contributed by atoms with Crippen LogP contribution in [0, 0.1) is 18.7 Å². The zero-order chi connectivity index (χ0) is 20.2. The number of benzene rings is 1. The van der Waals surface area contributed by atoms with Gasteiger partial charge in [0.05, 0.1) is 0 Å². The molecule has 0 aliphatic heterocycles. The van der Waals surface area contributed by atoms with Crippen LogP contribution in [0.4, 0.5) is 10.2 Å². The molecular formula is C23H27FN4O. The number of halogens is 1. The van der Waals surface area contributed by atoms with E-state index in [9.17, 15) is 9.18 Å². The molecule has 1 saturated carbocycles. The van der Waals surface area contributed by atoms with Gasteiger partial charge in [-0.05, 0) is 42.5 Å². The Balaban J connectivity index is 1.53. The van der Waals surface area contributed by atoms with E-state index in [1.807, 2.05) is 13.1 Å². The van der Waals surface area contributed by atoms with Gasteiger partial charge in [-0.25, -0.2) is 13.9 Å². The first-order chi connectivity index (χ1) is 14.1. The molecule has 5 nitrogen and oxygen atoms in total. The normalized spacial score (nSPS) is 15.0. The molecule has 0 unspecified atom stereocenters. The van der Waals surface area contributed by atoms with Crippen molar-refractivity contribution in [2.75, 3.05) is 5.32 Å². The van der Waals surface area contributed by atoms with E-state index in [1.165, 1.54) is 44.2 Å². The van der Waals surface area contributed by atoms with Crippen molar-refractivity contribution >= 4 is 17.4 Å². The van der Waals surface area contributed by atoms with Gasteiger partial charge in [-0.2, -0.15) is 0 Å². The van der Waals surface area contributed by atoms with Crippen LogP contribution in [-0.2, 0) is 11.2 Å². The van der Waals surface area contributed by atoms with E-state index < -0.39 is 0 Å². The zero-order valence-electron chi connectivity index (χ0n) is 16.8. The highest BCUT2D eigenvalue weighted by atomic mass is 19.1. The molecule has 1 aliphatic rings. The Labute approximate surface area is 170 Å². The molecule has 0 radical (unpaired) electrons. The van der Waals surface area contributed by atoms with E-state index in [-0.39, 0.29) is 11.7 Å². The van der Waals surface area contributed by atoms with Crippen LogP contribution in [0.1, 0.15) is 61.6 Å². The molecule has 2 heterocycles. The second-order valence-corrected chi connectivity index (χ2v) is 8.12. The number of nitrogens with zero attached hydrogens (tertiary/aromatic N) is 3. The highest BCUT2D eigenvalue weighted by molar-refractivity contribution is 5.91. The van der Waals surface area contributed by atoms with Crippen LogP contribution < -0.4 is 5.32 Å². The summed E-state index contributed by atoms with van der Waals surface area (Å²) < 4.78 is 15.0. The summed E-state index contributed by atoms with van der Waals surface area (Å²) in [6.07, 6.45) is 12.0. The van der Waals surface area contributed by atoms with Crippen LogP contribution in [0.25, 0.3) is 5.65 Å². The molecule has 29 heavy (non-hydrogen) atoms. The third-order valence-electron chi connectivity index (χ3n) is 5.75. The Morgan fingerprint density at radius 2 is 1.97 bits per heavy atom. The molecule has 1 amide bonds. The van der Waals surface area contributed by atoms with Crippen LogP contribution in [0.3, 0.4) is 0 Å². The molecule has 3 aromatic rings. The number of aryl methyl sites for hydroxylation is 1. The summed E-state index contributed by atoms with van der Waals surface area (Å²) in [4.78, 5) is 17.1. The fourth-order valence-electron chi connectivity index (χ4n) is 4.15. The van der Waals surface area contributed by atoms with Gasteiger partial charge in [-0.3, -0.25) is 4.79 Å². The molecule has 4 rings (SSSR count). The number of nitrogens with one attached hydrogen (secondary N) is 1. The SMILES string of the molecule is Cc1cnc2c(Cc3ccc(F)cc3)c(NC(=O)CCC3CCCCC3)nn2c1. The Morgan fingerprint density at radius 1 is 1.21 bits per heavy atom. The quantitative estimate of drug-likeness (QED) is 0.635. The van der Waals surface area contributed by atoms with E-state index >= 15 is 0 Å². The van der Waals surface area contributed by atoms with Gasteiger partial charge < -0.3 is 5.32 Å². The maximum absolute atomic E-state index is 13.3. The van der Waals surface area contributed by atoms with Crippen molar-refractivity contribution in [2.24, 2.45) is 5.92 Å². The van der Waals surface area contributed by atoms with Gasteiger partial charge in [0.2, 0.25) is 5.91 Å². The lowest BCUT2D eigenvalue weighted by Gasteiger charge is -2.20. The monoisotopic (exact) mass is 394 g/mol. The first-order valence-electron chi connectivity index (χ1n) is 10.5. The summed E-state index contributed by atoms with van der Waals surface area (Å²) in [5, 5.41) is 7.58. The number of rotatable bonds is 6. The maximum Gasteiger partial charge on any atom is 0.225 e. The van der Waals surface area contributed by atoms with Crippen molar-refractivity contribution in [2.45, 2.75) is 58.3 Å². The average molecular weight is 394 g/mol. The second kappa shape index (κ2) is 8.72. The van der Waals surface area contributed by atoms with E-state index in [0.717, 1.165) is 23.1 Å². The predicted octanol–water partition coefficient (Wildman–Crippen LogP) is 5.07. The number of hydrogen-bond acceptors (Lipinski definition) is 3. The lowest BCUT2D eigenvalue weighted by Crippen LogP contribution is -2.16. The van der Waals surface area contributed by atoms with E-state index in [0.29, 0.717) is 30.2 Å². The summed E-state index contributed by atoms with van der Waals surface area (Å²) in [6, 6.07) is 6.39. The second-order valence-electron chi connectivity index (χ2n) is 8.12. The van der Waals surface area contributed by atoms with Gasteiger partial charge >= 0.3 is 0 Å². The number of anilines is 1. The summed E-state index contributed by atoms with van der Waals surface area (Å²) in [5.41, 5.74) is 3.50. The summed E-state index contributed by atoms with van der Waals surface area (Å²) >= 11 is 0. The van der Waals surface area contributed by atoms with Crippen molar-refractivity contribution in [3.63, 3.8) is 0 Å². The van der Waals surface area contributed by atoms with Crippen molar-refractivity contribution in [3.05, 3.63) is 59.2 Å². The highest BCUT2D eigenvalue weighted by Gasteiger charge is 2.19. The third-order valence-corrected chi connectivity index (χ3v) is 5.75. The molecular weight excluding hydrogens is 367 g/mol. The standard InChI is InChI=1S/C23H27FN4O/c1-16-14-25-23-20(13-18-7-10-19(24)11-8-18)22(27-28(23)15-16)26-21(29)12-9-17-5-3-2-4-6-17/h7-8,10-11,14-15,17H,2-6,9,12-13H2,1H3,(H,26,27,29). The van der Waals surface area contributed by atoms with E-state index in [1.54, 1.807) is 22.8 Å². The van der Waals surface area contributed by atoms with Crippen LogP contribution in [-0.4, -0.2) is 20.5 Å². The van der Waals surface area contributed by atoms with Crippen molar-refractivity contribution in [1.29, 1.82) is 0 Å². The van der Waals surface area contributed by atoms with Gasteiger partial charge in [0.1, 0.15) is 5.82 Å². The van der Waals surface area contributed by atoms with Crippen LogP contribution in [0.15, 0.2) is 36.7 Å². The van der Waals surface area contributed by atoms with E-state index in [4.69, 9.17) is 0 Å². The summed E-state index contributed by atoms with van der Waals surface area (Å²) in [7, 11) is 0. The summed E-state index contributed by atoms with van der Waals surface area (Å²) in [5.74, 6) is 0.939. The number of carbonyl (C=O) groups excluding carboxylic acids is 1. The lowest BCUT2D eigenvalue weighted by molar-refractivity contribution is -0.116. The molecule has 152 valence electrons. The Morgan fingerprint density at radius 3 is 2.72 bits per heavy atom. The fraction of sp³-hybridized carbons (Fsp3) is 0.435. The largest absolute Gasteiger partial charge is 0.309 e. The molecule has 2 aromatic heterocycles. The van der Waals surface area contributed by atoms with Crippen LogP contribution in [0.2, 0.25) is 0 Å². The van der Waals surface area contributed by atoms with Crippen molar-refractivity contribution in [1.82, 2.24) is 14.6 Å². The molecule has 0 saturated heterocycles. The molecule has 1 fully saturated rings. The third kappa shape index (κ3) is 4.81. The highest BCUT2D eigenvalue weighted by Crippen LogP contribution is 2.28. The maximum atomic E-state index is 13.3. The summed E-state index contributed by atoms with van der Waals surface area (Å²) in [6.45, 7) is 1.95. The van der Waals surface area contributed by atoms with Crippen LogP contribution in [0.5, 0.6) is 0 Å². The Kier molecular flexibility index (Phi) is 5.88. The fourth-order valence-corrected chi connectivity index (χ4v) is 4.15. The van der Waals surface area contributed by atoms with Gasteiger partial charge in [0.15, 0.2) is 11.5 Å². The van der Waals surface area contributed by atoms with Crippen molar-refractivity contribution < 1.29 is 9.18 Å². The molecule has 1 aromatic carbocycles. The first kappa shape index (κ1) is 19.6. The average Bonchev–Trinajstić information content (AvgIpc) is 3.04. The first-order valence-corrected chi connectivity index (χ1v) is 10.5. The molecule has 0 spiro atoms. The minimum Gasteiger partial charge on any atom is -0.309 e. The molecule has 1 N–H and O–H groups in total. The number of hydrogen-bond donors (Lipinski definition) is 1. The van der Waals surface area contributed by atoms with Gasteiger partial charge in [-0.1, -0.05) is 44.2 Å². The lowest BCUT2D eigenvalue weighted by atomic mass is 9.86. The molecule has 0 bridgehead atoms. The van der Waals surface area contributed by atoms with Crippen LogP contribution >= 0.6 is 0 Å². The topological polar surface area (TPSA) is 59.3 Å². The zero-order valence-corrected chi connectivity index (χ0v) is 16.8. The molecule has 6 heteroatoms. The number of carbonyl (C=O) groups is 1. The smallest absolute Gasteiger partial charge is 0.225 e. The van der Waals surface area contributed by atoms with Gasteiger partial charge in [0.25, 0.3) is 0 Å². The minimum absolute atomic E-state index is 0.00365. The minimum atomic E-state index is -0.265. The molecule has 1 aliphatic carbocycles. The van der Waals surface area contributed by atoms with E-state index in [2.05, 4.69) is 15.4 Å². The molecule has 0 atom stereocenters. The van der Waals surface area contributed by atoms with Crippen molar-refractivity contribution in [3.8, 4) is 0 Å². The predicted molar refractivity (Wildman–Crippen MR) is 111 cm³/mol. The van der Waals surface area contributed by atoms with Gasteiger partial charge in [-0.15, -0.1) is 5.10 Å². The van der Waals surface area contributed by atoms with Gasteiger partial charge in [0, 0.05) is 30.8 Å². The Hall–Kier alpha value is -2.76. The number of amides is 1.